The fourth-order valence-corrected chi connectivity index (χ4v) is 2.41. The number of furan rings is 1. The first-order valence-electron chi connectivity index (χ1n) is 7.21. The van der Waals surface area contributed by atoms with Crippen LogP contribution in [-0.2, 0) is 0 Å². The van der Waals surface area contributed by atoms with Crippen molar-refractivity contribution < 1.29 is 9.21 Å². The molecule has 20 heavy (non-hydrogen) atoms. The van der Waals surface area contributed by atoms with Gasteiger partial charge in [0, 0.05) is 11.9 Å². The molecule has 0 spiro atoms. The second kappa shape index (κ2) is 7.10. The van der Waals surface area contributed by atoms with E-state index < -0.39 is 0 Å². The average Bonchev–Trinajstić information content (AvgIpc) is 2.89. The first-order valence-corrected chi connectivity index (χ1v) is 7.21. The Morgan fingerprint density at radius 2 is 2.15 bits per heavy atom. The summed E-state index contributed by atoms with van der Waals surface area (Å²) in [5, 5.41) is 3.89. The third-order valence-corrected chi connectivity index (χ3v) is 3.47. The number of fused-ring (bicyclic) bond motifs is 1. The van der Waals surface area contributed by atoms with Crippen LogP contribution in [0.1, 0.15) is 36.7 Å². The number of carbonyl (C=O) groups excluding carboxylic acids is 1. The molecule has 0 bridgehead atoms. The molecule has 1 amide bonds. The van der Waals surface area contributed by atoms with Crippen molar-refractivity contribution in [3.05, 3.63) is 36.1 Å². The first-order chi connectivity index (χ1) is 9.74. The highest BCUT2D eigenvalue weighted by molar-refractivity contribution is 5.96. The molecule has 0 saturated carbocycles. The molecule has 2 rings (SSSR count). The van der Waals surface area contributed by atoms with E-state index in [0.717, 1.165) is 30.2 Å². The van der Waals surface area contributed by atoms with Gasteiger partial charge in [-0.25, -0.2) is 0 Å². The van der Waals surface area contributed by atoms with E-state index in [1.54, 1.807) is 6.07 Å². The Kier molecular flexibility index (Phi) is 5.18. The van der Waals surface area contributed by atoms with E-state index in [1.165, 1.54) is 0 Å². The Bertz CT molecular complexity index is 523. The molecular weight excluding hydrogens is 252 g/mol. The first kappa shape index (κ1) is 14.6. The molecule has 0 fully saturated rings. The van der Waals surface area contributed by atoms with Gasteiger partial charge in [0.25, 0.3) is 5.91 Å². The fraction of sp³-hybridized carbons (Fsp3) is 0.438. The number of para-hydroxylation sites is 1. The molecule has 1 aromatic carbocycles. The van der Waals surface area contributed by atoms with E-state index >= 15 is 0 Å². The van der Waals surface area contributed by atoms with Gasteiger partial charge in [0.05, 0.1) is 0 Å². The van der Waals surface area contributed by atoms with Crippen LogP contribution < -0.4 is 11.1 Å². The van der Waals surface area contributed by atoms with Crippen molar-refractivity contribution in [1.82, 2.24) is 5.32 Å². The summed E-state index contributed by atoms with van der Waals surface area (Å²) in [6, 6.07) is 9.40. The molecule has 108 valence electrons. The van der Waals surface area contributed by atoms with Gasteiger partial charge in [-0.2, -0.15) is 0 Å². The van der Waals surface area contributed by atoms with E-state index in [1.807, 2.05) is 24.3 Å². The van der Waals surface area contributed by atoms with Gasteiger partial charge in [-0.1, -0.05) is 31.5 Å². The molecule has 0 radical (unpaired) electrons. The zero-order valence-electron chi connectivity index (χ0n) is 11.9. The summed E-state index contributed by atoms with van der Waals surface area (Å²) in [7, 11) is 0. The van der Waals surface area contributed by atoms with E-state index in [2.05, 4.69) is 12.2 Å². The summed E-state index contributed by atoms with van der Waals surface area (Å²) in [6.07, 6.45) is 3.12. The maximum atomic E-state index is 12.1. The van der Waals surface area contributed by atoms with E-state index in [4.69, 9.17) is 10.2 Å². The lowest BCUT2D eigenvalue weighted by Gasteiger charge is -2.15. The lowest BCUT2D eigenvalue weighted by Crippen LogP contribution is -2.30. The number of hydrogen-bond donors (Lipinski definition) is 2. The predicted octanol–water partition coefficient (Wildman–Crippen LogP) is 2.93. The third-order valence-electron chi connectivity index (χ3n) is 3.47. The maximum Gasteiger partial charge on any atom is 0.287 e. The molecule has 0 aliphatic heterocycles. The molecular formula is C16H22N2O2. The van der Waals surface area contributed by atoms with Gasteiger partial charge in [-0.3, -0.25) is 4.79 Å². The summed E-state index contributed by atoms with van der Waals surface area (Å²) in [6.45, 7) is 3.46. The lowest BCUT2D eigenvalue weighted by atomic mass is 10.00. The number of carbonyl (C=O) groups is 1. The lowest BCUT2D eigenvalue weighted by molar-refractivity contribution is 0.0920. The average molecular weight is 274 g/mol. The topological polar surface area (TPSA) is 68.3 Å². The minimum Gasteiger partial charge on any atom is -0.451 e. The third kappa shape index (κ3) is 3.61. The SMILES string of the molecule is CCCC(CCN)CNC(=O)c1cc2ccccc2o1. The zero-order chi connectivity index (χ0) is 14.4. The van der Waals surface area contributed by atoms with Gasteiger partial charge >= 0.3 is 0 Å². The molecule has 0 aliphatic carbocycles. The standard InChI is InChI=1S/C16H22N2O2/c1-2-5-12(8-9-17)11-18-16(19)15-10-13-6-3-4-7-14(13)20-15/h3-4,6-7,10,12H,2,5,8-9,11,17H2,1H3,(H,18,19). The second-order valence-corrected chi connectivity index (χ2v) is 5.09. The van der Waals surface area contributed by atoms with Crippen molar-refractivity contribution in [1.29, 1.82) is 0 Å². The fourth-order valence-electron chi connectivity index (χ4n) is 2.41. The van der Waals surface area contributed by atoms with Crippen molar-refractivity contribution in [2.24, 2.45) is 11.7 Å². The number of nitrogens with two attached hydrogens (primary N) is 1. The van der Waals surface area contributed by atoms with Crippen molar-refractivity contribution in [3.8, 4) is 0 Å². The molecule has 2 aromatic rings. The van der Waals surface area contributed by atoms with Crippen LogP contribution in [0, 0.1) is 5.92 Å². The molecule has 4 nitrogen and oxygen atoms in total. The number of nitrogens with one attached hydrogen (secondary N) is 1. The number of rotatable bonds is 7. The van der Waals surface area contributed by atoms with Gasteiger partial charge in [0.2, 0.25) is 0 Å². The predicted molar refractivity (Wildman–Crippen MR) is 80.6 cm³/mol. The van der Waals surface area contributed by atoms with Gasteiger partial charge in [-0.05, 0) is 37.4 Å². The quantitative estimate of drug-likeness (QED) is 0.815. The Morgan fingerprint density at radius 1 is 1.35 bits per heavy atom. The molecule has 0 aliphatic rings. The monoisotopic (exact) mass is 274 g/mol. The summed E-state index contributed by atoms with van der Waals surface area (Å²) in [5.41, 5.74) is 6.34. The molecule has 1 atom stereocenters. The van der Waals surface area contributed by atoms with Crippen LogP contribution in [0.25, 0.3) is 11.0 Å². The summed E-state index contributed by atoms with van der Waals surface area (Å²) in [5.74, 6) is 0.659. The number of hydrogen-bond acceptors (Lipinski definition) is 3. The molecule has 3 N–H and O–H groups in total. The largest absolute Gasteiger partial charge is 0.451 e. The Hall–Kier alpha value is -1.81. The molecule has 1 aromatic heterocycles. The minimum absolute atomic E-state index is 0.153. The molecule has 0 saturated heterocycles. The summed E-state index contributed by atoms with van der Waals surface area (Å²) in [4.78, 5) is 12.1. The maximum absolute atomic E-state index is 12.1. The van der Waals surface area contributed by atoms with E-state index in [-0.39, 0.29) is 5.91 Å². The van der Waals surface area contributed by atoms with Gasteiger partial charge in [0.15, 0.2) is 5.76 Å². The zero-order valence-corrected chi connectivity index (χ0v) is 11.9. The normalized spacial score (nSPS) is 12.5. The minimum atomic E-state index is -0.153. The second-order valence-electron chi connectivity index (χ2n) is 5.09. The van der Waals surface area contributed by atoms with Crippen molar-refractivity contribution in [3.63, 3.8) is 0 Å². The van der Waals surface area contributed by atoms with E-state index in [0.29, 0.717) is 24.8 Å². The highest BCUT2D eigenvalue weighted by Crippen LogP contribution is 2.18. The Morgan fingerprint density at radius 3 is 2.85 bits per heavy atom. The van der Waals surface area contributed by atoms with Crippen LogP contribution in [-0.4, -0.2) is 19.0 Å². The van der Waals surface area contributed by atoms with Crippen LogP contribution in [0.4, 0.5) is 0 Å². The smallest absolute Gasteiger partial charge is 0.287 e. The van der Waals surface area contributed by atoms with Crippen molar-refractivity contribution >= 4 is 16.9 Å². The van der Waals surface area contributed by atoms with Crippen LogP contribution in [0.3, 0.4) is 0 Å². The van der Waals surface area contributed by atoms with Gasteiger partial charge in [0.1, 0.15) is 5.58 Å². The number of benzene rings is 1. The van der Waals surface area contributed by atoms with Crippen LogP contribution in [0.5, 0.6) is 0 Å². The Balaban J connectivity index is 1.97. The molecule has 1 heterocycles. The van der Waals surface area contributed by atoms with Crippen LogP contribution >= 0.6 is 0 Å². The van der Waals surface area contributed by atoms with Crippen LogP contribution in [0.2, 0.25) is 0 Å². The molecule has 4 heteroatoms. The summed E-state index contributed by atoms with van der Waals surface area (Å²) >= 11 is 0. The van der Waals surface area contributed by atoms with Crippen molar-refractivity contribution in [2.45, 2.75) is 26.2 Å². The molecule has 1 unspecified atom stereocenters. The van der Waals surface area contributed by atoms with Crippen molar-refractivity contribution in [2.75, 3.05) is 13.1 Å². The van der Waals surface area contributed by atoms with Gasteiger partial charge < -0.3 is 15.5 Å². The van der Waals surface area contributed by atoms with Crippen LogP contribution in [0.15, 0.2) is 34.7 Å². The highest BCUT2D eigenvalue weighted by Gasteiger charge is 2.14. The summed E-state index contributed by atoms with van der Waals surface area (Å²) < 4.78 is 5.55. The van der Waals surface area contributed by atoms with E-state index in [9.17, 15) is 4.79 Å². The highest BCUT2D eigenvalue weighted by atomic mass is 16.3. The number of amides is 1. The Labute approximate surface area is 119 Å². The van der Waals surface area contributed by atoms with Gasteiger partial charge in [-0.15, -0.1) is 0 Å².